The van der Waals surface area contributed by atoms with Crippen LogP contribution < -0.4 is 10.6 Å². The summed E-state index contributed by atoms with van der Waals surface area (Å²) in [6.07, 6.45) is 0. The van der Waals surface area contributed by atoms with Crippen molar-refractivity contribution in [2.24, 2.45) is 0 Å². The maximum absolute atomic E-state index is 5.38. The Labute approximate surface area is 138 Å². The lowest BCUT2D eigenvalue weighted by Gasteiger charge is -2.25. The van der Waals surface area contributed by atoms with Gasteiger partial charge in [-0.2, -0.15) is 0 Å². The first-order chi connectivity index (χ1) is 10.6. The summed E-state index contributed by atoms with van der Waals surface area (Å²) in [4.78, 5) is 2.19. The second-order valence-electron chi connectivity index (χ2n) is 5.59. The van der Waals surface area contributed by atoms with Gasteiger partial charge in [0.1, 0.15) is 0 Å². The van der Waals surface area contributed by atoms with Gasteiger partial charge in [0.15, 0.2) is 5.11 Å². The van der Waals surface area contributed by atoms with Crippen LogP contribution in [0.2, 0.25) is 0 Å². The molecule has 0 bridgehead atoms. The third-order valence-corrected chi connectivity index (χ3v) is 3.82. The number of hydrogen-bond acceptors (Lipinski definition) is 2. The van der Waals surface area contributed by atoms with E-state index in [1.165, 1.54) is 11.1 Å². The summed E-state index contributed by atoms with van der Waals surface area (Å²) < 4.78 is 0. The van der Waals surface area contributed by atoms with Crippen molar-refractivity contribution in [1.82, 2.24) is 10.2 Å². The fourth-order valence-corrected chi connectivity index (χ4v) is 2.48. The predicted molar refractivity (Wildman–Crippen MR) is 98.3 cm³/mol. The Kier molecular flexibility index (Phi) is 5.92. The Morgan fingerprint density at radius 2 is 1.68 bits per heavy atom. The fraction of sp³-hybridized carbons (Fsp3) is 0.278. The third-order valence-electron chi connectivity index (χ3n) is 3.57. The maximum atomic E-state index is 5.38. The van der Waals surface area contributed by atoms with E-state index in [1.807, 2.05) is 18.2 Å². The molecule has 0 aliphatic heterocycles. The van der Waals surface area contributed by atoms with Gasteiger partial charge >= 0.3 is 0 Å². The van der Waals surface area contributed by atoms with Crippen LogP contribution in [0, 0.1) is 6.92 Å². The van der Waals surface area contributed by atoms with Gasteiger partial charge in [-0.25, -0.2) is 0 Å². The number of rotatable bonds is 5. The first kappa shape index (κ1) is 16.5. The molecule has 2 aromatic carbocycles. The molecular weight excluding hydrogens is 290 g/mol. The number of nitrogens with zero attached hydrogens (tertiary/aromatic N) is 1. The number of hydrogen-bond donors (Lipinski definition) is 2. The van der Waals surface area contributed by atoms with Gasteiger partial charge < -0.3 is 15.5 Å². The zero-order valence-corrected chi connectivity index (χ0v) is 14.2. The first-order valence-corrected chi connectivity index (χ1v) is 7.80. The van der Waals surface area contributed by atoms with E-state index < -0.39 is 0 Å². The zero-order valence-electron chi connectivity index (χ0n) is 13.3. The van der Waals surface area contributed by atoms with E-state index in [-0.39, 0.29) is 6.04 Å². The first-order valence-electron chi connectivity index (χ1n) is 7.39. The van der Waals surface area contributed by atoms with Gasteiger partial charge in [0.25, 0.3) is 0 Å². The highest BCUT2D eigenvalue weighted by Crippen LogP contribution is 2.16. The van der Waals surface area contributed by atoms with Crippen LogP contribution in [0.1, 0.15) is 17.2 Å². The normalized spacial score (nSPS) is 12.0. The molecular formula is C18H23N3S. The summed E-state index contributed by atoms with van der Waals surface area (Å²) in [5, 5.41) is 7.17. The van der Waals surface area contributed by atoms with Gasteiger partial charge in [-0.15, -0.1) is 0 Å². The van der Waals surface area contributed by atoms with Crippen LogP contribution in [0.3, 0.4) is 0 Å². The van der Waals surface area contributed by atoms with Crippen LogP contribution >= 0.6 is 12.2 Å². The summed E-state index contributed by atoms with van der Waals surface area (Å²) >= 11 is 5.38. The van der Waals surface area contributed by atoms with Crippen LogP contribution in [-0.4, -0.2) is 30.7 Å². The minimum Gasteiger partial charge on any atom is -0.361 e. The Bertz CT molecular complexity index is 593. The molecule has 2 rings (SSSR count). The summed E-state index contributed by atoms with van der Waals surface area (Å²) in [6, 6.07) is 18.9. The van der Waals surface area contributed by atoms with E-state index in [2.05, 4.69) is 73.0 Å². The van der Waals surface area contributed by atoms with Crippen LogP contribution in [-0.2, 0) is 0 Å². The molecule has 3 nitrogen and oxygen atoms in total. The average Bonchev–Trinajstić information content (AvgIpc) is 2.50. The van der Waals surface area contributed by atoms with E-state index in [9.17, 15) is 0 Å². The lowest BCUT2D eigenvalue weighted by atomic mass is 10.1. The van der Waals surface area contributed by atoms with Gasteiger partial charge in [-0.1, -0.05) is 48.0 Å². The molecule has 0 saturated heterocycles. The van der Waals surface area contributed by atoms with Crippen molar-refractivity contribution < 1.29 is 0 Å². The monoisotopic (exact) mass is 313 g/mol. The van der Waals surface area contributed by atoms with Crippen molar-refractivity contribution in [3.63, 3.8) is 0 Å². The van der Waals surface area contributed by atoms with Gasteiger partial charge in [0.2, 0.25) is 0 Å². The minimum absolute atomic E-state index is 0.277. The molecule has 0 spiro atoms. The zero-order chi connectivity index (χ0) is 15.9. The second kappa shape index (κ2) is 7.92. The van der Waals surface area contributed by atoms with Crippen LogP contribution in [0.15, 0.2) is 54.6 Å². The molecule has 22 heavy (non-hydrogen) atoms. The number of likely N-dealkylation sites (N-methyl/N-ethyl adjacent to an activating group) is 1. The fourth-order valence-electron chi connectivity index (χ4n) is 2.28. The molecule has 116 valence electrons. The standard InChI is InChI=1S/C18H23N3S/c1-14-9-11-16(12-10-14)20-18(22)19-13-17(21(2)3)15-7-5-4-6-8-15/h4-12,17H,13H2,1-3H3,(H2,19,20,22). The smallest absolute Gasteiger partial charge is 0.170 e. The van der Waals surface area contributed by atoms with E-state index in [0.717, 1.165) is 12.2 Å². The Hall–Kier alpha value is -1.91. The van der Waals surface area contributed by atoms with E-state index >= 15 is 0 Å². The highest BCUT2D eigenvalue weighted by molar-refractivity contribution is 7.80. The van der Waals surface area contributed by atoms with Gasteiger partial charge in [-0.3, -0.25) is 0 Å². The summed E-state index contributed by atoms with van der Waals surface area (Å²) in [5.41, 5.74) is 3.52. The van der Waals surface area contributed by atoms with Crippen molar-refractivity contribution in [2.45, 2.75) is 13.0 Å². The van der Waals surface area contributed by atoms with E-state index in [4.69, 9.17) is 12.2 Å². The number of nitrogens with one attached hydrogen (secondary N) is 2. The topological polar surface area (TPSA) is 27.3 Å². The van der Waals surface area contributed by atoms with Gasteiger partial charge in [0, 0.05) is 12.2 Å². The van der Waals surface area contributed by atoms with Crippen molar-refractivity contribution in [3.05, 3.63) is 65.7 Å². The molecule has 0 amide bonds. The second-order valence-corrected chi connectivity index (χ2v) is 6.00. The van der Waals surface area contributed by atoms with Crippen LogP contribution in [0.5, 0.6) is 0 Å². The Morgan fingerprint density at radius 3 is 2.27 bits per heavy atom. The number of aryl methyl sites for hydroxylation is 1. The molecule has 0 fully saturated rings. The van der Waals surface area contributed by atoms with E-state index in [1.54, 1.807) is 0 Å². The molecule has 1 unspecified atom stereocenters. The quantitative estimate of drug-likeness (QED) is 0.825. The van der Waals surface area contributed by atoms with Gasteiger partial charge in [0.05, 0.1) is 6.04 Å². The minimum atomic E-state index is 0.277. The molecule has 0 saturated carbocycles. The average molecular weight is 313 g/mol. The largest absolute Gasteiger partial charge is 0.361 e. The Balaban J connectivity index is 1.92. The highest BCUT2D eigenvalue weighted by atomic mass is 32.1. The third kappa shape index (κ3) is 4.83. The highest BCUT2D eigenvalue weighted by Gasteiger charge is 2.13. The lowest BCUT2D eigenvalue weighted by Crippen LogP contribution is -2.36. The molecule has 0 aromatic heterocycles. The molecule has 2 aromatic rings. The number of thiocarbonyl (C=S) groups is 1. The van der Waals surface area contributed by atoms with Crippen molar-refractivity contribution >= 4 is 23.0 Å². The van der Waals surface area contributed by atoms with E-state index in [0.29, 0.717) is 5.11 Å². The molecule has 2 N–H and O–H groups in total. The molecule has 4 heteroatoms. The van der Waals surface area contributed by atoms with Crippen LogP contribution in [0.25, 0.3) is 0 Å². The molecule has 0 aliphatic rings. The Morgan fingerprint density at radius 1 is 1.05 bits per heavy atom. The number of anilines is 1. The summed E-state index contributed by atoms with van der Waals surface area (Å²) in [5.74, 6) is 0. The molecule has 0 heterocycles. The van der Waals surface area contributed by atoms with Gasteiger partial charge in [-0.05, 0) is 50.9 Å². The molecule has 0 aliphatic carbocycles. The SMILES string of the molecule is Cc1ccc(NC(=S)NCC(c2ccccc2)N(C)C)cc1. The van der Waals surface area contributed by atoms with Crippen LogP contribution in [0.4, 0.5) is 5.69 Å². The predicted octanol–water partition coefficient (Wildman–Crippen LogP) is 3.58. The van der Waals surface area contributed by atoms with Crippen molar-refractivity contribution in [1.29, 1.82) is 0 Å². The van der Waals surface area contributed by atoms with Crippen molar-refractivity contribution in [2.75, 3.05) is 26.0 Å². The summed E-state index contributed by atoms with van der Waals surface area (Å²) in [6.45, 7) is 2.83. The lowest BCUT2D eigenvalue weighted by molar-refractivity contribution is 0.299. The molecule has 1 atom stereocenters. The summed E-state index contributed by atoms with van der Waals surface area (Å²) in [7, 11) is 4.16. The van der Waals surface area contributed by atoms with Crippen molar-refractivity contribution in [3.8, 4) is 0 Å². The molecule has 0 radical (unpaired) electrons. The number of benzene rings is 2. The maximum Gasteiger partial charge on any atom is 0.170 e.